The molecule has 0 saturated carbocycles. The average Bonchev–Trinajstić information content (AvgIpc) is 2.97. The topological polar surface area (TPSA) is 85.8 Å². The van der Waals surface area contributed by atoms with Gasteiger partial charge in [-0.15, -0.1) is 24.8 Å². The van der Waals surface area contributed by atoms with Crippen molar-refractivity contribution in [3.63, 3.8) is 0 Å². The lowest BCUT2D eigenvalue weighted by Crippen LogP contribution is -2.25. The molecule has 22 heavy (non-hydrogen) atoms. The number of pyridine rings is 1. The second-order valence-electron chi connectivity index (χ2n) is 4.78. The molecule has 8 heteroatoms. The van der Waals surface area contributed by atoms with Crippen LogP contribution in [-0.2, 0) is 11.3 Å². The highest BCUT2D eigenvalue weighted by Crippen LogP contribution is 2.06. The van der Waals surface area contributed by atoms with Crippen molar-refractivity contribution in [1.29, 1.82) is 0 Å². The fourth-order valence-corrected chi connectivity index (χ4v) is 1.75. The Morgan fingerprint density at radius 1 is 1.41 bits per heavy atom. The smallest absolute Gasteiger partial charge is 0.220 e. The summed E-state index contributed by atoms with van der Waals surface area (Å²) in [6.45, 7) is 2.38. The molecule has 0 saturated heterocycles. The number of halogens is 2. The van der Waals surface area contributed by atoms with E-state index in [0.29, 0.717) is 19.4 Å². The number of nitrogens with one attached hydrogen (secondary N) is 1. The molecule has 0 aliphatic rings. The number of nitrogens with two attached hydrogens (primary N) is 1. The third kappa shape index (κ3) is 6.43. The summed E-state index contributed by atoms with van der Waals surface area (Å²) >= 11 is 0. The number of hydrogen-bond acceptors (Lipinski definition) is 4. The monoisotopic (exact) mass is 345 g/mol. The molecule has 1 unspecified atom stereocenters. The maximum absolute atomic E-state index is 11.6. The van der Waals surface area contributed by atoms with Crippen LogP contribution in [0, 0.1) is 0 Å². The molecule has 1 amide bonds. The lowest BCUT2D eigenvalue weighted by molar-refractivity contribution is -0.121. The third-order valence-electron chi connectivity index (χ3n) is 2.90. The van der Waals surface area contributed by atoms with Gasteiger partial charge in [-0.1, -0.05) is 0 Å². The molecule has 0 fully saturated rings. The second kappa shape index (κ2) is 10.2. The van der Waals surface area contributed by atoms with E-state index in [0.717, 1.165) is 11.4 Å². The molecule has 0 aromatic carbocycles. The van der Waals surface area contributed by atoms with Gasteiger partial charge in [0.25, 0.3) is 0 Å². The predicted molar refractivity (Wildman–Crippen MR) is 90.6 cm³/mol. The highest BCUT2D eigenvalue weighted by atomic mass is 35.5. The summed E-state index contributed by atoms with van der Waals surface area (Å²) in [5.41, 5.74) is 6.62. The molecule has 0 aliphatic carbocycles. The zero-order valence-corrected chi connectivity index (χ0v) is 13.9. The zero-order chi connectivity index (χ0) is 14.4. The van der Waals surface area contributed by atoms with Gasteiger partial charge in [0.15, 0.2) is 0 Å². The van der Waals surface area contributed by atoms with E-state index in [1.807, 2.05) is 29.8 Å². The van der Waals surface area contributed by atoms with E-state index in [4.69, 9.17) is 5.73 Å². The Kier molecular flexibility index (Phi) is 9.40. The zero-order valence-electron chi connectivity index (χ0n) is 12.3. The standard InChI is InChI=1S/C14H19N5O.2ClH/c1-11(15)2-3-14(20)18-9-12-4-5-17-13(8-12)19-7-6-16-10-19;;/h4-8,10-11H,2-3,9,15H2,1H3,(H,18,20);2*1H. The molecule has 2 rings (SSSR count). The summed E-state index contributed by atoms with van der Waals surface area (Å²) in [6.07, 6.45) is 8.09. The minimum Gasteiger partial charge on any atom is -0.352 e. The number of carbonyl (C=O) groups excluding carboxylic acids is 1. The molecule has 2 aromatic heterocycles. The Bertz CT molecular complexity index is 560. The molecule has 2 aromatic rings. The number of rotatable bonds is 6. The molecule has 1 atom stereocenters. The number of imidazole rings is 1. The Balaban J connectivity index is 0.00000220. The van der Waals surface area contributed by atoms with Crippen LogP contribution >= 0.6 is 24.8 Å². The van der Waals surface area contributed by atoms with Gasteiger partial charge < -0.3 is 11.1 Å². The van der Waals surface area contributed by atoms with E-state index < -0.39 is 0 Å². The van der Waals surface area contributed by atoms with E-state index in [1.165, 1.54) is 0 Å². The molecule has 0 radical (unpaired) electrons. The fraction of sp³-hybridized carbons (Fsp3) is 0.357. The van der Waals surface area contributed by atoms with Gasteiger partial charge in [-0.25, -0.2) is 9.97 Å². The normalized spacial score (nSPS) is 11.0. The quantitative estimate of drug-likeness (QED) is 0.836. The summed E-state index contributed by atoms with van der Waals surface area (Å²) in [4.78, 5) is 19.9. The van der Waals surface area contributed by atoms with E-state index in [-0.39, 0.29) is 36.8 Å². The maximum Gasteiger partial charge on any atom is 0.220 e. The van der Waals surface area contributed by atoms with Crippen LogP contribution in [0.15, 0.2) is 37.1 Å². The average molecular weight is 346 g/mol. The molecule has 2 heterocycles. The van der Waals surface area contributed by atoms with Crippen LogP contribution < -0.4 is 11.1 Å². The Morgan fingerprint density at radius 3 is 2.82 bits per heavy atom. The number of hydrogen-bond donors (Lipinski definition) is 2. The van der Waals surface area contributed by atoms with Crippen molar-refractivity contribution in [3.05, 3.63) is 42.6 Å². The first-order valence-corrected chi connectivity index (χ1v) is 6.60. The van der Waals surface area contributed by atoms with Gasteiger partial charge in [-0.2, -0.15) is 0 Å². The van der Waals surface area contributed by atoms with Gasteiger partial charge in [-0.3, -0.25) is 9.36 Å². The highest BCUT2D eigenvalue weighted by molar-refractivity contribution is 5.85. The maximum atomic E-state index is 11.6. The first kappa shape index (κ1) is 20.4. The van der Waals surface area contributed by atoms with Crippen molar-refractivity contribution in [2.75, 3.05) is 0 Å². The van der Waals surface area contributed by atoms with E-state index in [2.05, 4.69) is 15.3 Å². The number of amides is 1. The van der Waals surface area contributed by atoms with Crippen molar-refractivity contribution in [2.24, 2.45) is 5.73 Å². The molecule has 0 spiro atoms. The van der Waals surface area contributed by atoms with Gasteiger partial charge in [-0.05, 0) is 31.0 Å². The molecule has 6 nitrogen and oxygen atoms in total. The van der Waals surface area contributed by atoms with Gasteiger partial charge in [0, 0.05) is 37.6 Å². The van der Waals surface area contributed by atoms with Crippen LogP contribution in [-0.4, -0.2) is 26.5 Å². The number of carbonyl (C=O) groups is 1. The molecular formula is C14H21Cl2N5O. The van der Waals surface area contributed by atoms with Crippen LogP contribution in [0.4, 0.5) is 0 Å². The minimum absolute atomic E-state index is 0. The van der Waals surface area contributed by atoms with Crippen molar-refractivity contribution in [2.45, 2.75) is 32.4 Å². The fourth-order valence-electron chi connectivity index (χ4n) is 1.75. The predicted octanol–water partition coefficient (Wildman–Crippen LogP) is 1.85. The molecule has 0 aliphatic heterocycles. The first-order valence-electron chi connectivity index (χ1n) is 6.60. The van der Waals surface area contributed by atoms with Crippen LogP contribution in [0.2, 0.25) is 0 Å². The van der Waals surface area contributed by atoms with E-state index in [9.17, 15) is 4.79 Å². The SMILES string of the molecule is CC(N)CCC(=O)NCc1ccnc(-n2ccnc2)c1.Cl.Cl. The minimum atomic E-state index is 0. The number of nitrogens with zero attached hydrogens (tertiary/aromatic N) is 3. The first-order chi connectivity index (χ1) is 9.65. The van der Waals surface area contributed by atoms with Crippen LogP contribution in [0.25, 0.3) is 5.82 Å². The highest BCUT2D eigenvalue weighted by Gasteiger charge is 2.04. The Morgan fingerprint density at radius 2 is 2.18 bits per heavy atom. The summed E-state index contributed by atoms with van der Waals surface area (Å²) in [5.74, 6) is 0.799. The van der Waals surface area contributed by atoms with E-state index >= 15 is 0 Å². The van der Waals surface area contributed by atoms with Gasteiger partial charge in [0.05, 0.1) is 0 Å². The van der Waals surface area contributed by atoms with Crippen LogP contribution in [0.3, 0.4) is 0 Å². The van der Waals surface area contributed by atoms with Crippen molar-refractivity contribution < 1.29 is 4.79 Å². The van der Waals surface area contributed by atoms with Gasteiger partial charge in [0.2, 0.25) is 5.91 Å². The summed E-state index contributed by atoms with van der Waals surface area (Å²) in [6, 6.07) is 3.86. The third-order valence-corrected chi connectivity index (χ3v) is 2.90. The van der Waals surface area contributed by atoms with Crippen molar-refractivity contribution >= 4 is 30.7 Å². The molecule has 3 N–H and O–H groups in total. The summed E-state index contributed by atoms with van der Waals surface area (Å²) in [5, 5.41) is 2.88. The van der Waals surface area contributed by atoms with Crippen LogP contribution in [0.1, 0.15) is 25.3 Å². The second-order valence-corrected chi connectivity index (χ2v) is 4.78. The molecule has 122 valence electrons. The van der Waals surface area contributed by atoms with Crippen molar-refractivity contribution in [1.82, 2.24) is 19.9 Å². The lowest BCUT2D eigenvalue weighted by atomic mass is 10.2. The molecule has 0 bridgehead atoms. The number of aromatic nitrogens is 3. The van der Waals surface area contributed by atoms with Crippen LogP contribution in [0.5, 0.6) is 0 Å². The molecular weight excluding hydrogens is 325 g/mol. The van der Waals surface area contributed by atoms with Crippen molar-refractivity contribution in [3.8, 4) is 5.82 Å². The summed E-state index contributed by atoms with van der Waals surface area (Å²) < 4.78 is 1.82. The van der Waals surface area contributed by atoms with Gasteiger partial charge in [0.1, 0.15) is 12.1 Å². The lowest BCUT2D eigenvalue weighted by Gasteiger charge is -2.08. The Hall–Kier alpha value is -1.63. The Labute approximate surface area is 142 Å². The summed E-state index contributed by atoms with van der Waals surface area (Å²) in [7, 11) is 0. The largest absolute Gasteiger partial charge is 0.352 e. The van der Waals surface area contributed by atoms with Gasteiger partial charge >= 0.3 is 0 Å². The van der Waals surface area contributed by atoms with E-state index in [1.54, 1.807) is 18.7 Å².